The fourth-order valence-corrected chi connectivity index (χ4v) is 5.69. The second-order valence-electron chi connectivity index (χ2n) is 8.97. The van der Waals surface area contributed by atoms with Crippen molar-refractivity contribution in [3.8, 4) is 11.5 Å². The van der Waals surface area contributed by atoms with Crippen molar-refractivity contribution in [2.45, 2.75) is 13.5 Å². The van der Waals surface area contributed by atoms with Gasteiger partial charge >= 0.3 is 0 Å². The highest BCUT2D eigenvalue weighted by molar-refractivity contribution is 8.27. The molecule has 4 aromatic rings. The summed E-state index contributed by atoms with van der Waals surface area (Å²) in [6.07, 6.45) is 1.62. The number of benzene rings is 4. The van der Waals surface area contributed by atoms with Crippen molar-refractivity contribution in [2.24, 2.45) is 10.1 Å². The Morgan fingerprint density at radius 1 is 0.975 bits per heavy atom. The first-order valence-corrected chi connectivity index (χ1v) is 13.8. The maximum absolute atomic E-state index is 12.9. The summed E-state index contributed by atoms with van der Waals surface area (Å²) in [5, 5.41) is 18.3. The molecule has 0 radical (unpaired) electrons. The summed E-state index contributed by atoms with van der Waals surface area (Å²) in [6.45, 7) is 2.72. The van der Waals surface area contributed by atoms with Gasteiger partial charge in [-0.3, -0.25) is 10.2 Å². The third kappa shape index (κ3) is 4.99. The summed E-state index contributed by atoms with van der Waals surface area (Å²) in [6, 6.07) is 27.1. The van der Waals surface area contributed by atoms with Gasteiger partial charge in [0.05, 0.1) is 17.2 Å². The van der Waals surface area contributed by atoms with Gasteiger partial charge < -0.3 is 9.47 Å². The van der Waals surface area contributed by atoms with E-state index in [-0.39, 0.29) is 11.4 Å². The zero-order valence-electron chi connectivity index (χ0n) is 21.4. The van der Waals surface area contributed by atoms with Crippen molar-refractivity contribution < 1.29 is 14.3 Å². The van der Waals surface area contributed by atoms with Crippen molar-refractivity contribution in [2.75, 3.05) is 6.61 Å². The summed E-state index contributed by atoms with van der Waals surface area (Å²) in [4.78, 5) is 17.1. The van der Waals surface area contributed by atoms with E-state index in [1.807, 2.05) is 61.5 Å². The smallest absolute Gasteiger partial charge is 0.283 e. The van der Waals surface area contributed by atoms with Crippen molar-refractivity contribution in [1.82, 2.24) is 5.01 Å². The molecule has 2 aliphatic heterocycles. The topological polar surface area (TPSA) is 87.3 Å². The van der Waals surface area contributed by atoms with Crippen LogP contribution in [0, 0.1) is 5.41 Å². The molecule has 0 saturated heterocycles. The Balaban J connectivity index is 1.26. The molecule has 4 aromatic carbocycles. The fraction of sp³-hybridized carbons (Fsp3) is 0.0968. The van der Waals surface area contributed by atoms with Gasteiger partial charge in [-0.25, -0.2) is 0 Å². The van der Waals surface area contributed by atoms with Gasteiger partial charge in [-0.05, 0) is 64.9 Å². The molecule has 0 aliphatic carbocycles. The van der Waals surface area contributed by atoms with Gasteiger partial charge in [-0.2, -0.15) is 15.1 Å². The third-order valence-corrected chi connectivity index (χ3v) is 7.67. The number of carbonyl (C=O) groups is 1. The predicted octanol–water partition coefficient (Wildman–Crippen LogP) is 7.14. The van der Waals surface area contributed by atoms with Crippen LogP contribution in [-0.2, 0) is 11.4 Å². The zero-order valence-corrected chi connectivity index (χ0v) is 23.0. The summed E-state index contributed by atoms with van der Waals surface area (Å²) in [5.74, 6) is 0.575. The van der Waals surface area contributed by atoms with Crippen LogP contribution in [0.1, 0.15) is 23.6 Å². The molecule has 0 fully saturated rings. The summed E-state index contributed by atoms with van der Waals surface area (Å²) in [7, 11) is 0. The predicted molar refractivity (Wildman–Crippen MR) is 161 cm³/mol. The van der Waals surface area contributed by atoms with Crippen molar-refractivity contribution >= 4 is 62.2 Å². The van der Waals surface area contributed by atoms with E-state index in [0.717, 1.165) is 21.9 Å². The molecular formula is C31H23ClN4O3S. The second kappa shape index (κ2) is 11.0. The average Bonchev–Trinajstić information content (AvgIpc) is 3.39. The monoisotopic (exact) mass is 566 g/mol. The van der Waals surface area contributed by atoms with E-state index in [4.69, 9.17) is 26.5 Å². The van der Waals surface area contributed by atoms with E-state index >= 15 is 0 Å². The summed E-state index contributed by atoms with van der Waals surface area (Å²) >= 11 is 7.54. The first-order chi connectivity index (χ1) is 19.5. The Hall–Kier alpha value is -4.40. The number of rotatable bonds is 7. The second-order valence-corrected chi connectivity index (χ2v) is 10.3. The molecule has 0 saturated carbocycles. The molecule has 0 spiro atoms. The first kappa shape index (κ1) is 25.9. The number of carbonyl (C=O) groups excluding carboxylic acids is 1. The molecule has 2 aliphatic rings. The minimum Gasteiger partial charge on any atom is -0.490 e. The molecule has 1 N–H and O–H groups in total. The molecule has 2 heterocycles. The number of ether oxygens (including phenoxy) is 2. The molecule has 0 aromatic heterocycles. The van der Waals surface area contributed by atoms with Crippen LogP contribution in [0.15, 0.2) is 101 Å². The molecule has 6 rings (SSSR count). The highest BCUT2D eigenvalue weighted by atomic mass is 35.5. The number of halogens is 1. The third-order valence-electron chi connectivity index (χ3n) is 6.40. The molecule has 1 amide bonds. The lowest BCUT2D eigenvalue weighted by Gasteiger charge is -2.20. The van der Waals surface area contributed by atoms with E-state index in [2.05, 4.69) is 28.3 Å². The number of amides is 1. The number of nitrogens with one attached hydrogen (secondary N) is 1. The molecule has 0 unspecified atom stereocenters. The Bertz CT molecular complexity index is 1760. The van der Waals surface area contributed by atoms with E-state index in [0.29, 0.717) is 45.5 Å². The lowest BCUT2D eigenvalue weighted by Crippen LogP contribution is -2.35. The minimum absolute atomic E-state index is 0.0567. The number of fused-ring (bicyclic) bond motifs is 2. The first-order valence-electron chi connectivity index (χ1n) is 12.6. The Morgan fingerprint density at radius 3 is 2.62 bits per heavy atom. The van der Waals surface area contributed by atoms with E-state index in [1.165, 1.54) is 16.8 Å². The number of hydrogen-bond donors (Lipinski definition) is 1. The molecule has 198 valence electrons. The number of thioether (sulfide) groups is 1. The normalized spacial score (nSPS) is 15.8. The Labute approximate surface area is 240 Å². The molecule has 0 bridgehead atoms. The largest absolute Gasteiger partial charge is 0.490 e. The molecule has 0 atom stereocenters. The van der Waals surface area contributed by atoms with Crippen molar-refractivity contribution in [1.29, 1.82) is 5.41 Å². The van der Waals surface area contributed by atoms with E-state index < -0.39 is 5.91 Å². The van der Waals surface area contributed by atoms with E-state index in [1.54, 1.807) is 18.2 Å². The Morgan fingerprint density at radius 2 is 1.77 bits per heavy atom. The quantitative estimate of drug-likeness (QED) is 0.240. The highest BCUT2D eigenvalue weighted by Crippen LogP contribution is 2.35. The number of amidine groups is 2. The van der Waals surface area contributed by atoms with Crippen molar-refractivity contribution in [3.05, 3.63) is 112 Å². The molecule has 9 heteroatoms. The number of nitrogens with zero attached hydrogens (tertiary/aromatic N) is 3. The van der Waals surface area contributed by atoms with Crippen LogP contribution in [-0.4, -0.2) is 33.6 Å². The van der Waals surface area contributed by atoms with Gasteiger partial charge in [0.1, 0.15) is 11.7 Å². The van der Waals surface area contributed by atoms with Crippen LogP contribution in [0.4, 0.5) is 0 Å². The van der Waals surface area contributed by atoms with Gasteiger partial charge in [0.25, 0.3) is 5.91 Å². The van der Waals surface area contributed by atoms with E-state index in [9.17, 15) is 4.79 Å². The van der Waals surface area contributed by atoms with Crippen LogP contribution in [0.3, 0.4) is 0 Å². The van der Waals surface area contributed by atoms with Gasteiger partial charge in [0.2, 0.25) is 5.17 Å². The number of hydrazone groups is 1. The fourth-order valence-electron chi connectivity index (χ4n) is 4.48. The van der Waals surface area contributed by atoms with Crippen LogP contribution in [0.2, 0.25) is 5.02 Å². The van der Waals surface area contributed by atoms with Crippen LogP contribution >= 0.6 is 23.4 Å². The maximum Gasteiger partial charge on any atom is 0.283 e. The lowest BCUT2D eigenvalue weighted by molar-refractivity contribution is -0.114. The van der Waals surface area contributed by atoms with Gasteiger partial charge in [0, 0.05) is 5.56 Å². The summed E-state index contributed by atoms with van der Waals surface area (Å²) in [5.41, 5.74) is 2.59. The summed E-state index contributed by atoms with van der Waals surface area (Å²) < 4.78 is 12.0. The maximum atomic E-state index is 12.9. The average molecular weight is 567 g/mol. The number of aliphatic imine (C=N–C) groups is 1. The number of hydrogen-bond acceptors (Lipinski definition) is 6. The molecule has 40 heavy (non-hydrogen) atoms. The standard InChI is InChI=1S/C31H23ClN4O3S/c1-2-38-27-17-19(14-15-26(27)39-18-21-10-7-9-20-8-3-4-11-22(20)21)16-24-28(33)36-31(34-29(24)37)40-30(35-36)23-12-5-6-13-25(23)32/h3-17,33H,2,18H2,1H3/b24-16-,33-28?. The van der Waals surface area contributed by atoms with Crippen LogP contribution < -0.4 is 9.47 Å². The zero-order chi connectivity index (χ0) is 27.6. The highest BCUT2D eigenvalue weighted by Gasteiger charge is 2.36. The minimum atomic E-state index is -0.506. The van der Waals surface area contributed by atoms with Gasteiger partial charge in [0.15, 0.2) is 17.3 Å². The molecule has 7 nitrogen and oxygen atoms in total. The van der Waals surface area contributed by atoms with Crippen LogP contribution in [0.25, 0.3) is 16.8 Å². The lowest BCUT2D eigenvalue weighted by atomic mass is 10.1. The Kier molecular flexibility index (Phi) is 7.11. The molecular weight excluding hydrogens is 544 g/mol. The van der Waals surface area contributed by atoms with Crippen LogP contribution in [0.5, 0.6) is 11.5 Å². The van der Waals surface area contributed by atoms with Crippen molar-refractivity contribution in [3.63, 3.8) is 0 Å². The van der Waals surface area contributed by atoms with Gasteiger partial charge in [-0.1, -0.05) is 78.3 Å². The van der Waals surface area contributed by atoms with Gasteiger partial charge in [-0.15, -0.1) is 0 Å². The SMILES string of the molecule is CCOc1cc(/C=C2/C(=N)N3N=C(c4ccccc4Cl)SC3=NC2=O)ccc1OCc1cccc2ccccc12.